The van der Waals surface area contributed by atoms with Crippen molar-refractivity contribution in [1.82, 2.24) is 0 Å². The van der Waals surface area contributed by atoms with E-state index in [0.29, 0.717) is 11.4 Å². The summed E-state index contributed by atoms with van der Waals surface area (Å²) in [6, 6.07) is 6.90. The molecule has 0 aromatic heterocycles. The van der Waals surface area contributed by atoms with E-state index in [9.17, 15) is 13.2 Å². The summed E-state index contributed by atoms with van der Waals surface area (Å²) in [5.74, 6) is -1.71. The Morgan fingerprint density at radius 2 is 1.89 bits per heavy atom. The number of carbonyl (C=O) groups is 1. The first-order valence-corrected chi connectivity index (χ1v) is 8.21. The Balaban J connectivity index is 2.68. The first-order valence-electron chi connectivity index (χ1n) is 6.01. The third kappa shape index (κ3) is 5.61. The van der Waals surface area contributed by atoms with E-state index < -0.39 is 21.7 Å². The SMILES string of the molecule is CCS(=O)(=O)CCC(Cc1ccc(Cl)cc1)C(=O)O. The molecule has 1 atom stereocenters. The van der Waals surface area contributed by atoms with Crippen molar-refractivity contribution in [2.24, 2.45) is 5.92 Å². The van der Waals surface area contributed by atoms with Crippen molar-refractivity contribution in [3.05, 3.63) is 34.9 Å². The summed E-state index contributed by atoms with van der Waals surface area (Å²) in [6.45, 7) is 1.56. The van der Waals surface area contributed by atoms with Gasteiger partial charge in [-0.25, -0.2) is 8.42 Å². The Morgan fingerprint density at radius 3 is 2.37 bits per heavy atom. The van der Waals surface area contributed by atoms with E-state index in [-0.39, 0.29) is 17.9 Å². The largest absolute Gasteiger partial charge is 0.481 e. The number of hydrogen-bond donors (Lipinski definition) is 1. The summed E-state index contributed by atoms with van der Waals surface area (Å²) >= 11 is 5.75. The lowest BCUT2D eigenvalue weighted by atomic mass is 9.97. The molecule has 6 heteroatoms. The molecule has 0 bridgehead atoms. The summed E-state index contributed by atoms with van der Waals surface area (Å²) in [5, 5.41) is 9.73. The second-order valence-electron chi connectivity index (χ2n) is 4.39. The minimum atomic E-state index is -3.13. The van der Waals surface area contributed by atoms with Crippen LogP contribution in [0.2, 0.25) is 5.02 Å². The first-order chi connectivity index (χ1) is 8.84. The highest BCUT2D eigenvalue weighted by molar-refractivity contribution is 7.91. The zero-order valence-electron chi connectivity index (χ0n) is 10.7. The van der Waals surface area contributed by atoms with Gasteiger partial charge in [0.05, 0.1) is 11.7 Å². The fraction of sp³-hybridized carbons (Fsp3) is 0.462. The van der Waals surface area contributed by atoms with Gasteiger partial charge in [0.15, 0.2) is 0 Å². The molecule has 0 amide bonds. The number of benzene rings is 1. The minimum absolute atomic E-state index is 0.0419. The zero-order chi connectivity index (χ0) is 14.5. The lowest BCUT2D eigenvalue weighted by Gasteiger charge is -2.12. The fourth-order valence-corrected chi connectivity index (χ4v) is 2.74. The lowest BCUT2D eigenvalue weighted by Crippen LogP contribution is -2.21. The van der Waals surface area contributed by atoms with Gasteiger partial charge in [-0.05, 0) is 30.5 Å². The van der Waals surface area contributed by atoms with E-state index in [1.165, 1.54) is 0 Å². The molecule has 1 unspecified atom stereocenters. The molecule has 0 fully saturated rings. The van der Waals surface area contributed by atoms with E-state index in [4.69, 9.17) is 16.7 Å². The minimum Gasteiger partial charge on any atom is -0.481 e. The smallest absolute Gasteiger partial charge is 0.306 e. The predicted octanol–water partition coefficient (Wildman–Crippen LogP) is 2.41. The van der Waals surface area contributed by atoms with E-state index in [2.05, 4.69) is 0 Å². The zero-order valence-corrected chi connectivity index (χ0v) is 12.2. The summed E-state index contributed by atoms with van der Waals surface area (Å²) in [7, 11) is -3.13. The highest BCUT2D eigenvalue weighted by atomic mass is 35.5. The van der Waals surface area contributed by atoms with Crippen LogP contribution in [0.1, 0.15) is 18.9 Å². The summed E-state index contributed by atoms with van der Waals surface area (Å²) in [6.07, 6.45) is 0.444. The first kappa shape index (κ1) is 16.0. The molecule has 0 aliphatic carbocycles. The van der Waals surface area contributed by atoms with E-state index in [1.807, 2.05) is 0 Å². The number of hydrogen-bond acceptors (Lipinski definition) is 3. The lowest BCUT2D eigenvalue weighted by molar-refractivity contribution is -0.141. The summed E-state index contributed by atoms with van der Waals surface area (Å²) in [5.41, 5.74) is 0.839. The van der Waals surface area contributed by atoms with Crippen molar-refractivity contribution >= 4 is 27.4 Å². The molecular formula is C13H17ClO4S. The second-order valence-corrected chi connectivity index (χ2v) is 7.30. The molecule has 0 heterocycles. The Morgan fingerprint density at radius 1 is 1.32 bits per heavy atom. The molecule has 4 nitrogen and oxygen atoms in total. The van der Waals surface area contributed by atoms with Crippen LogP contribution < -0.4 is 0 Å². The number of carboxylic acids is 1. The van der Waals surface area contributed by atoms with Crippen molar-refractivity contribution < 1.29 is 18.3 Å². The van der Waals surface area contributed by atoms with Gasteiger partial charge in [0.2, 0.25) is 0 Å². The monoisotopic (exact) mass is 304 g/mol. The predicted molar refractivity (Wildman–Crippen MR) is 75.2 cm³/mol. The third-order valence-electron chi connectivity index (χ3n) is 2.96. The van der Waals surface area contributed by atoms with Gasteiger partial charge in [-0.2, -0.15) is 0 Å². The Kier molecular flexibility index (Phi) is 5.82. The van der Waals surface area contributed by atoms with Crippen LogP contribution in [0.3, 0.4) is 0 Å². The van der Waals surface area contributed by atoms with Gasteiger partial charge in [0, 0.05) is 10.8 Å². The molecule has 19 heavy (non-hydrogen) atoms. The van der Waals surface area contributed by atoms with Crippen molar-refractivity contribution in [3.8, 4) is 0 Å². The molecule has 0 aliphatic rings. The maximum atomic E-state index is 11.4. The van der Waals surface area contributed by atoms with Gasteiger partial charge in [-0.15, -0.1) is 0 Å². The molecule has 1 N–H and O–H groups in total. The van der Waals surface area contributed by atoms with E-state index in [1.54, 1.807) is 31.2 Å². The van der Waals surface area contributed by atoms with Gasteiger partial charge >= 0.3 is 5.97 Å². The Hall–Kier alpha value is -1.07. The third-order valence-corrected chi connectivity index (χ3v) is 4.95. The Labute approximate surface area is 118 Å². The number of carboxylic acid groups (broad SMARTS) is 1. The summed E-state index contributed by atoms with van der Waals surface area (Å²) in [4.78, 5) is 11.2. The number of rotatable bonds is 7. The van der Waals surface area contributed by atoms with Crippen molar-refractivity contribution in [1.29, 1.82) is 0 Å². The number of aliphatic carboxylic acids is 1. The van der Waals surface area contributed by atoms with Crippen LogP contribution in [0.5, 0.6) is 0 Å². The Bertz CT molecular complexity index is 522. The van der Waals surface area contributed by atoms with Crippen molar-refractivity contribution in [2.75, 3.05) is 11.5 Å². The van der Waals surface area contributed by atoms with Gasteiger partial charge in [0.25, 0.3) is 0 Å². The van der Waals surface area contributed by atoms with Crippen molar-refractivity contribution in [2.45, 2.75) is 19.8 Å². The normalized spacial score (nSPS) is 13.2. The van der Waals surface area contributed by atoms with E-state index in [0.717, 1.165) is 5.56 Å². The fourth-order valence-electron chi connectivity index (χ4n) is 1.68. The molecule has 0 aliphatic heterocycles. The van der Waals surface area contributed by atoms with Gasteiger partial charge in [-0.3, -0.25) is 4.79 Å². The van der Waals surface area contributed by atoms with Crippen LogP contribution in [-0.4, -0.2) is 31.0 Å². The van der Waals surface area contributed by atoms with Crippen LogP contribution in [0.15, 0.2) is 24.3 Å². The average Bonchev–Trinajstić information content (AvgIpc) is 2.36. The van der Waals surface area contributed by atoms with Crippen LogP contribution in [0, 0.1) is 5.92 Å². The number of halogens is 1. The van der Waals surface area contributed by atoms with E-state index >= 15 is 0 Å². The highest BCUT2D eigenvalue weighted by Gasteiger charge is 2.20. The van der Waals surface area contributed by atoms with Crippen LogP contribution >= 0.6 is 11.6 Å². The molecule has 106 valence electrons. The van der Waals surface area contributed by atoms with Gasteiger partial charge < -0.3 is 5.11 Å². The highest BCUT2D eigenvalue weighted by Crippen LogP contribution is 2.16. The second kappa shape index (κ2) is 6.91. The summed E-state index contributed by atoms with van der Waals surface area (Å²) < 4.78 is 22.8. The molecule has 0 spiro atoms. The van der Waals surface area contributed by atoms with Crippen molar-refractivity contribution in [3.63, 3.8) is 0 Å². The average molecular weight is 305 g/mol. The number of sulfone groups is 1. The molecule has 0 saturated carbocycles. The quantitative estimate of drug-likeness (QED) is 0.839. The molecule has 1 aromatic carbocycles. The van der Waals surface area contributed by atoms with Gasteiger partial charge in [0.1, 0.15) is 9.84 Å². The van der Waals surface area contributed by atoms with Crippen LogP contribution in [0.25, 0.3) is 0 Å². The standard InChI is InChI=1S/C13H17ClO4S/c1-2-19(17,18)8-7-11(13(15)16)9-10-3-5-12(14)6-4-10/h3-6,11H,2,7-9H2,1H3,(H,15,16). The maximum Gasteiger partial charge on any atom is 0.306 e. The molecular weight excluding hydrogens is 288 g/mol. The molecule has 0 saturated heterocycles. The molecule has 0 radical (unpaired) electrons. The van der Waals surface area contributed by atoms with Gasteiger partial charge in [-0.1, -0.05) is 30.7 Å². The molecule has 1 rings (SSSR count). The van der Waals surface area contributed by atoms with Crippen LogP contribution in [0.4, 0.5) is 0 Å². The maximum absolute atomic E-state index is 11.4. The molecule has 1 aromatic rings. The topological polar surface area (TPSA) is 71.4 Å². The van der Waals surface area contributed by atoms with Crippen LogP contribution in [-0.2, 0) is 21.1 Å².